The minimum absolute atomic E-state index is 0.178. The van der Waals surface area contributed by atoms with Crippen LogP contribution in [-0.4, -0.2) is 35.5 Å². The SMILES string of the molecule is COc1ccc(F)cc1C(C)(C)CC(O)(CNc1cccc2nc(C#N)ccc12)C(F)(F)F. The molecule has 0 aliphatic heterocycles. The number of nitrogens with zero attached hydrogens (tertiary/aromatic N) is 2. The van der Waals surface area contributed by atoms with Gasteiger partial charge in [-0.2, -0.15) is 18.4 Å². The van der Waals surface area contributed by atoms with E-state index in [-0.39, 0.29) is 17.0 Å². The molecule has 0 saturated carbocycles. The van der Waals surface area contributed by atoms with Crippen LogP contribution in [0.5, 0.6) is 5.75 Å². The van der Waals surface area contributed by atoms with E-state index in [9.17, 15) is 22.7 Å². The highest BCUT2D eigenvalue weighted by molar-refractivity contribution is 5.91. The van der Waals surface area contributed by atoms with Gasteiger partial charge in [-0.05, 0) is 54.3 Å². The molecule has 2 aromatic carbocycles. The van der Waals surface area contributed by atoms with Crippen LogP contribution in [0.2, 0.25) is 0 Å². The Kier molecular flexibility index (Phi) is 6.52. The second-order valence-corrected chi connectivity index (χ2v) is 8.47. The van der Waals surface area contributed by atoms with Gasteiger partial charge in [0.2, 0.25) is 0 Å². The smallest absolute Gasteiger partial charge is 0.418 e. The highest BCUT2D eigenvalue weighted by Crippen LogP contribution is 2.44. The normalized spacial score (nSPS) is 13.9. The molecule has 33 heavy (non-hydrogen) atoms. The topological polar surface area (TPSA) is 78.2 Å². The Balaban J connectivity index is 1.94. The molecule has 0 fully saturated rings. The van der Waals surface area contributed by atoms with E-state index in [4.69, 9.17) is 10.00 Å². The van der Waals surface area contributed by atoms with Crippen molar-refractivity contribution >= 4 is 16.6 Å². The molecule has 5 nitrogen and oxygen atoms in total. The van der Waals surface area contributed by atoms with Gasteiger partial charge in [0, 0.05) is 16.6 Å². The second-order valence-electron chi connectivity index (χ2n) is 8.47. The van der Waals surface area contributed by atoms with E-state index in [1.807, 2.05) is 6.07 Å². The number of nitrogens with one attached hydrogen (secondary N) is 1. The van der Waals surface area contributed by atoms with E-state index >= 15 is 0 Å². The summed E-state index contributed by atoms with van der Waals surface area (Å²) < 4.78 is 61.3. The Hall–Kier alpha value is -3.38. The van der Waals surface area contributed by atoms with Gasteiger partial charge in [-0.3, -0.25) is 0 Å². The lowest BCUT2D eigenvalue weighted by molar-refractivity contribution is -0.260. The third-order valence-electron chi connectivity index (χ3n) is 5.57. The summed E-state index contributed by atoms with van der Waals surface area (Å²) in [7, 11) is 1.34. The van der Waals surface area contributed by atoms with Crippen LogP contribution in [0, 0.1) is 17.1 Å². The molecule has 0 bridgehead atoms. The molecule has 3 aromatic rings. The van der Waals surface area contributed by atoms with Gasteiger partial charge in [-0.25, -0.2) is 9.37 Å². The molecular weight excluding hydrogens is 438 g/mol. The minimum Gasteiger partial charge on any atom is -0.496 e. The largest absolute Gasteiger partial charge is 0.496 e. The number of methoxy groups -OCH3 is 1. The summed E-state index contributed by atoms with van der Waals surface area (Å²) in [5, 5.41) is 23.0. The van der Waals surface area contributed by atoms with Crippen LogP contribution in [0.4, 0.5) is 23.2 Å². The molecule has 0 spiro atoms. The predicted molar refractivity (Wildman–Crippen MR) is 117 cm³/mol. The maximum absolute atomic E-state index is 14.1. The molecule has 1 heterocycles. The maximum atomic E-state index is 14.1. The minimum atomic E-state index is -4.98. The van der Waals surface area contributed by atoms with Gasteiger partial charge >= 0.3 is 6.18 Å². The first-order chi connectivity index (χ1) is 15.4. The first-order valence-corrected chi connectivity index (χ1v) is 10.1. The lowest BCUT2D eigenvalue weighted by Crippen LogP contribution is -2.53. The zero-order valence-electron chi connectivity index (χ0n) is 18.3. The number of fused-ring (bicyclic) bond motifs is 1. The average Bonchev–Trinajstić information content (AvgIpc) is 2.76. The molecule has 2 N–H and O–H groups in total. The molecule has 1 atom stereocenters. The highest BCUT2D eigenvalue weighted by atomic mass is 19.4. The summed E-state index contributed by atoms with van der Waals surface area (Å²) in [6.07, 6.45) is -5.73. The standard InChI is InChI=1S/C24H23F4N3O2/c1-22(2,18-11-15(25)7-10-21(18)33-3)13-23(32,24(26,27)28)14-30-19-5-4-6-20-17(19)9-8-16(12-29)31-20/h4-11,30,32H,13-14H2,1-3H3. The monoisotopic (exact) mass is 461 g/mol. The molecule has 9 heteroatoms. The van der Waals surface area contributed by atoms with Crippen molar-refractivity contribution in [3.05, 3.63) is 65.6 Å². The summed E-state index contributed by atoms with van der Waals surface area (Å²) in [6, 6.07) is 13.4. The van der Waals surface area contributed by atoms with Crippen molar-refractivity contribution < 1.29 is 27.4 Å². The van der Waals surface area contributed by atoms with Gasteiger partial charge in [-0.1, -0.05) is 19.9 Å². The van der Waals surface area contributed by atoms with Crippen LogP contribution in [0.3, 0.4) is 0 Å². The molecule has 0 amide bonds. The van der Waals surface area contributed by atoms with E-state index < -0.39 is 36.0 Å². The molecular formula is C24H23F4N3O2. The summed E-state index contributed by atoms with van der Waals surface area (Å²) >= 11 is 0. The summed E-state index contributed by atoms with van der Waals surface area (Å²) in [5.41, 5.74) is -3.28. The number of aliphatic hydroxyl groups is 1. The Morgan fingerprint density at radius 2 is 1.85 bits per heavy atom. The first-order valence-electron chi connectivity index (χ1n) is 10.1. The summed E-state index contributed by atoms with van der Waals surface area (Å²) in [4.78, 5) is 4.14. The lowest BCUT2D eigenvalue weighted by Gasteiger charge is -2.38. The molecule has 1 aromatic heterocycles. The first kappa shape index (κ1) is 24.3. The Morgan fingerprint density at radius 1 is 1.12 bits per heavy atom. The predicted octanol–water partition coefficient (Wildman–Crippen LogP) is 5.33. The molecule has 0 saturated heterocycles. The number of hydrogen-bond donors (Lipinski definition) is 2. The number of anilines is 1. The van der Waals surface area contributed by atoms with Gasteiger partial charge < -0.3 is 15.2 Å². The molecule has 174 valence electrons. The van der Waals surface area contributed by atoms with Crippen LogP contribution in [0.25, 0.3) is 10.9 Å². The van der Waals surface area contributed by atoms with E-state index in [0.29, 0.717) is 16.6 Å². The van der Waals surface area contributed by atoms with Crippen molar-refractivity contribution in [3.63, 3.8) is 0 Å². The van der Waals surface area contributed by atoms with Gasteiger partial charge in [0.15, 0.2) is 5.60 Å². The fraction of sp³-hybridized carbons (Fsp3) is 0.333. The van der Waals surface area contributed by atoms with Crippen LogP contribution in [0.15, 0.2) is 48.5 Å². The number of benzene rings is 2. The van der Waals surface area contributed by atoms with Gasteiger partial charge in [0.05, 0.1) is 19.2 Å². The number of aromatic nitrogens is 1. The number of halogens is 4. The molecule has 0 aliphatic rings. The van der Waals surface area contributed by atoms with Crippen LogP contribution in [-0.2, 0) is 5.41 Å². The van der Waals surface area contributed by atoms with E-state index in [1.54, 1.807) is 24.3 Å². The van der Waals surface area contributed by atoms with Crippen molar-refractivity contribution in [1.29, 1.82) is 5.26 Å². The lowest BCUT2D eigenvalue weighted by atomic mass is 9.74. The second kappa shape index (κ2) is 8.87. The fourth-order valence-corrected chi connectivity index (χ4v) is 3.91. The third kappa shape index (κ3) is 5.01. The summed E-state index contributed by atoms with van der Waals surface area (Å²) in [6.45, 7) is 2.13. The molecule has 0 radical (unpaired) electrons. The van der Waals surface area contributed by atoms with Crippen molar-refractivity contribution in [2.45, 2.75) is 37.5 Å². The fourth-order valence-electron chi connectivity index (χ4n) is 3.91. The number of hydrogen-bond acceptors (Lipinski definition) is 5. The van der Waals surface area contributed by atoms with Crippen molar-refractivity contribution in [1.82, 2.24) is 4.98 Å². The maximum Gasteiger partial charge on any atom is 0.418 e. The highest BCUT2D eigenvalue weighted by Gasteiger charge is 2.56. The van der Waals surface area contributed by atoms with Crippen molar-refractivity contribution in [2.75, 3.05) is 19.0 Å². The van der Waals surface area contributed by atoms with Gasteiger partial charge in [0.1, 0.15) is 23.3 Å². The van der Waals surface area contributed by atoms with Crippen LogP contribution in [0.1, 0.15) is 31.5 Å². The molecule has 1 unspecified atom stereocenters. The Morgan fingerprint density at radius 3 is 2.48 bits per heavy atom. The Labute approximate surface area is 188 Å². The number of rotatable bonds is 7. The average molecular weight is 461 g/mol. The van der Waals surface area contributed by atoms with Crippen LogP contribution < -0.4 is 10.1 Å². The third-order valence-corrected chi connectivity index (χ3v) is 5.57. The van der Waals surface area contributed by atoms with Gasteiger partial charge in [0.25, 0.3) is 0 Å². The number of alkyl halides is 3. The van der Waals surface area contributed by atoms with E-state index in [0.717, 1.165) is 12.1 Å². The molecule has 3 rings (SSSR count). The van der Waals surface area contributed by atoms with Crippen LogP contribution >= 0.6 is 0 Å². The van der Waals surface area contributed by atoms with E-state index in [2.05, 4.69) is 10.3 Å². The summed E-state index contributed by atoms with van der Waals surface area (Å²) in [5.74, 6) is -0.389. The number of nitriles is 1. The van der Waals surface area contributed by atoms with Gasteiger partial charge in [-0.15, -0.1) is 0 Å². The zero-order chi connectivity index (χ0) is 24.4. The number of ether oxygens (including phenoxy) is 1. The Bertz CT molecular complexity index is 1200. The van der Waals surface area contributed by atoms with Crippen molar-refractivity contribution in [2.24, 2.45) is 0 Å². The molecule has 0 aliphatic carbocycles. The number of pyridine rings is 1. The zero-order valence-corrected chi connectivity index (χ0v) is 18.3. The quantitative estimate of drug-likeness (QED) is 0.465. The van der Waals surface area contributed by atoms with E-state index in [1.165, 1.54) is 33.1 Å². The van der Waals surface area contributed by atoms with Crippen molar-refractivity contribution in [3.8, 4) is 11.8 Å².